The van der Waals surface area contributed by atoms with Gasteiger partial charge in [-0.3, -0.25) is 0 Å². The highest BCUT2D eigenvalue weighted by Crippen LogP contribution is 2.33. The van der Waals surface area contributed by atoms with E-state index in [0.29, 0.717) is 38.3 Å². The second-order valence-electron chi connectivity index (χ2n) is 7.11. The Morgan fingerprint density at radius 3 is 2.63 bits per heavy atom. The van der Waals surface area contributed by atoms with Crippen LogP contribution < -0.4 is 4.74 Å². The lowest BCUT2D eigenvalue weighted by Crippen LogP contribution is -2.39. The number of ether oxygens (including phenoxy) is 2. The molecule has 3 heterocycles. The zero-order chi connectivity index (χ0) is 21.3. The third kappa shape index (κ3) is 3.78. The summed E-state index contributed by atoms with van der Waals surface area (Å²) in [7, 11) is -0.513. The fourth-order valence-corrected chi connectivity index (χ4v) is 5.71. The first-order valence-electron chi connectivity index (χ1n) is 9.60. The van der Waals surface area contributed by atoms with Gasteiger partial charge < -0.3 is 14.0 Å². The van der Waals surface area contributed by atoms with E-state index in [4.69, 9.17) is 21.1 Å². The molecule has 1 aromatic carbocycles. The first kappa shape index (κ1) is 21.0. The van der Waals surface area contributed by atoms with Gasteiger partial charge in [0, 0.05) is 32.4 Å². The van der Waals surface area contributed by atoms with E-state index in [1.165, 1.54) is 23.5 Å². The maximum Gasteiger partial charge on any atom is 0.243 e. The van der Waals surface area contributed by atoms with Gasteiger partial charge in [0.1, 0.15) is 23.7 Å². The van der Waals surface area contributed by atoms with Gasteiger partial charge in [0.25, 0.3) is 0 Å². The fourth-order valence-electron chi connectivity index (χ4n) is 3.89. The maximum atomic E-state index is 13.1. The van der Waals surface area contributed by atoms with Crippen molar-refractivity contribution < 1.29 is 17.9 Å². The molecule has 8 nitrogen and oxygen atoms in total. The molecule has 3 aromatic rings. The van der Waals surface area contributed by atoms with Gasteiger partial charge in [-0.05, 0) is 43.2 Å². The molecule has 0 bridgehead atoms. The SMILES string of the molecule is COCc1nc2cccnc2n1C1CCN(S(=O)(=O)c2ccc(OC)c(Cl)c2)CC1. The van der Waals surface area contributed by atoms with Gasteiger partial charge in [0.15, 0.2) is 5.65 Å². The summed E-state index contributed by atoms with van der Waals surface area (Å²) in [6.07, 6.45) is 3.05. The molecule has 10 heteroatoms. The zero-order valence-corrected chi connectivity index (χ0v) is 18.4. The Morgan fingerprint density at radius 2 is 1.97 bits per heavy atom. The van der Waals surface area contributed by atoms with Crippen LogP contribution in [0.3, 0.4) is 0 Å². The highest BCUT2D eigenvalue weighted by molar-refractivity contribution is 7.89. The molecule has 1 aliphatic heterocycles. The molecule has 4 rings (SSSR count). The number of benzene rings is 1. The van der Waals surface area contributed by atoms with Crippen molar-refractivity contribution in [3.8, 4) is 5.75 Å². The summed E-state index contributed by atoms with van der Waals surface area (Å²) < 4.78 is 40.2. The predicted molar refractivity (Wildman–Crippen MR) is 113 cm³/mol. The topological polar surface area (TPSA) is 86.6 Å². The van der Waals surface area contributed by atoms with Crippen LogP contribution in [0.2, 0.25) is 5.02 Å². The molecule has 0 saturated carbocycles. The minimum atomic E-state index is -3.64. The number of rotatable bonds is 6. The van der Waals surface area contributed by atoms with E-state index in [9.17, 15) is 8.42 Å². The molecular formula is C20H23ClN4O4S. The van der Waals surface area contributed by atoms with E-state index in [2.05, 4.69) is 14.5 Å². The van der Waals surface area contributed by atoms with Crippen molar-refractivity contribution in [3.05, 3.63) is 47.4 Å². The summed E-state index contributed by atoms with van der Waals surface area (Å²) in [5.41, 5.74) is 1.61. The van der Waals surface area contributed by atoms with Crippen molar-refractivity contribution in [1.29, 1.82) is 0 Å². The summed E-state index contributed by atoms with van der Waals surface area (Å²) in [6.45, 7) is 1.17. The molecule has 0 aliphatic carbocycles. The standard InChI is InChI=1S/C20H23ClN4O4S/c1-28-13-19-23-17-4-3-9-22-20(17)25(19)14-7-10-24(11-8-14)30(26,27)15-5-6-18(29-2)16(21)12-15/h3-6,9,12,14H,7-8,10-11,13H2,1-2H3. The minimum Gasteiger partial charge on any atom is -0.495 e. The van der Waals surface area contributed by atoms with Crippen molar-refractivity contribution in [3.63, 3.8) is 0 Å². The van der Waals surface area contributed by atoms with Gasteiger partial charge in [0.05, 0.1) is 17.0 Å². The molecule has 2 aromatic heterocycles. The molecule has 0 N–H and O–H groups in total. The Bertz CT molecular complexity index is 1160. The number of hydrogen-bond acceptors (Lipinski definition) is 6. The molecule has 30 heavy (non-hydrogen) atoms. The maximum absolute atomic E-state index is 13.1. The van der Waals surface area contributed by atoms with E-state index in [0.717, 1.165) is 17.0 Å². The zero-order valence-electron chi connectivity index (χ0n) is 16.8. The van der Waals surface area contributed by atoms with Crippen molar-refractivity contribution in [2.75, 3.05) is 27.3 Å². The number of hydrogen-bond donors (Lipinski definition) is 0. The van der Waals surface area contributed by atoms with Crippen LogP contribution in [-0.4, -0.2) is 54.6 Å². The number of imidazole rings is 1. The smallest absolute Gasteiger partial charge is 0.243 e. The first-order valence-corrected chi connectivity index (χ1v) is 11.4. The normalized spacial score (nSPS) is 16.2. The summed E-state index contributed by atoms with van der Waals surface area (Å²) in [6, 6.07) is 8.40. The van der Waals surface area contributed by atoms with Crippen LogP contribution in [0.4, 0.5) is 0 Å². The second-order valence-corrected chi connectivity index (χ2v) is 9.45. The van der Waals surface area contributed by atoms with Crippen LogP contribution in [-0.2, 0) is 21.4 Å². The highest BCUT2D eigenvalue weighted by Gasteiger charge is 2.32. The molecule has 0 radical (unpaired) electrons. The third-order valence-electron chi connectivity index (χ3n) is 5.34. The Hall–Kier alpha value is -2.20. The molecule has 0 atom stereocenters. The van der Waals surface area contributed by atoms with Crippen LogP contribution in [0, 0.1) is 0 Å². The molecule has 0 unspecified atom stereocenters. The van der Waals surface area contributed by atoms with Crippen molar-refractivity contribution in [1.82, 2.24) is 18.8 Å². The molecular weight excluding hydrogens is 428 g/mol. The van der Waals surface area contributed by atoms with Gasteiger partial charge in [-0.15, -0.1) is 0 Å². The molecule has 0 amide bonds. The number of pyridine rings is 1. The molecule has 1 aliphatic rings. The van der Waals surface area contributed by atoms with Gasteiger partial charge in [-0.25, -0.2) is 18.4 Å². The Labute approximate surface area is 180 Å². The van der Waals surface area contributed by atoms with E-state index in [1.54, 1.807) is 19.4 Å². The fraction of sp³-hybridized carbons (Fsp3) is 0.400. The van der Waals surface area contributed by atoms with Gasteiger partial charge in [-0.1, -0.05) is 11.6 Å². The molecule has 160 valence electrons. The van der Waals surface area contributed by atoms with E-state index >= 15 is 0 Å². The van der Waals surface area contributed by atoms with Gasteiger partial charge >= 0.3 is 0 Å². The van der Waals surface area contributed by atoms with Crippen LogP contribution >= 0.6 is 11.6 Å². The number of nitrogens with zero attached hydrogens (tertiary/aromatic N) is 4. The average molecular weight is 451 g/mol. The van der Waals surface area contributed by atoms with Crippen molar-refractivity contribution >= 4 is 32.8 Å². The quantitative estimate of drug-likeness (QED) is 0.572. The number of halogens is 1. The van der Waals surface area contributed by atoms with Crippen LogP contribution in [0.5, 0.6) is 5.75 Å². The number of sulfonamides is 1. The second kappa shape index (κ2) is 8.50. The number of aromatic nitrogens is 3. The van der Waals surface area contributed by atoms with Gasteiger partial charge in [0.2, 0.25) is 10.0 Å². The largest absolute Gasteiger partial charge is 0.495 e. The average Bonchev–Trinajstić information content (AvgIpc) is 3.12. The number of piperidine rings is 1. The molecule has 1 saturated heterocycles. The van der Waals surface area contributed by atoms with Crippen LogP contribution in [0.1, 0.15) is 24.7 Å². The Morgan fingerprint density at radius 1 is 1.20 bits per heavy atom. The monoisotopic (exact) mass is 450 g/mol. The Balaban J connectivity index is 1.56. The van der Waals surface area contributed by atoms with E-state index in [-0.39, 0.29) is 16.0 Å². The summed E-state index contributed by atoms with van der Waals surface area (Å²) in [4.78, 5) is 9.29. The van der Waals surface area contributed by atoms with Crippen LogP contribution in [0.15, 0.2) is 41.4 Å². The van der Waals surface area contributed by atoms with Crippen molar-refractivity contribution in [2.24, 2.45) is 0 Å². The lowest BCUT2D eigenvalue weighted by atomic mass is 10.1. The van der Waals surface area contributed by atoms with Crippen LogP contribution in [0.25, 0.3) is 11.2 Å². The summed E-state index contributed by atoms with van der Waals surface area (Å²) in [5.74, 6) is 1.24. The molecule has 1 fully saturated rings. The highest BCUT2D eigenvalue weighted by atomic mass is 35.5. The molecule has 0 spiro atoms. The Kier molecular flexibility index (Phi) is 5.97. The first-order chi connectivity index (χ1) is 14.5. The lowest BCUT2D eigenvalue weighted by Gasteiger charge is -2.32. The summed E-state index contributed by atoms with van der Waals surface area (Å²) >= 11 is 6.13. The van der Waals surface area contributed by atoms with Gasteiger partial charge in [-0.2, -0.15) is 4.31 Å². The predicted octanol–water partition coefficient (Wildman–Crippen LogP) is 3.27. The minimum absolute atomic E-state index is 0.0981. The number of fused-ring (bicyclic) bond motifs is 1. The summed E-state index contributed by atoms with van der Waals surface area (Å²) in [5, 5.41) is 0.272. The third-order valence-corrected chi connectivity index (χ3v) is 7.53. The lowest BCUT2D eigenvalue weighted by molar-refractivity contribution is 0.168. The van der Waals surface area contributed by atoms with E-state index in [1.807, 2.05) is 12.1 Å². The number of methoxy groups -OCH3 is 2. The van der Waals surface area contributed by atoms with E-state index < -0.39 is 10.0 Å². The van der Waals surface area contributed by atoms with Crippen molar-refractivity contribution in [2.45, 2.75) is 30.4 Å².